The lowest BCUT2D eigenvalue weighted by atomic mass is 9.81. The van der Waals surface area contributed by atoms with Crippen LogP contribution >= 0.6 is 0 Å². The summed E-state index contributed by atoms with van der Waals surface area (Å²) in [5, 5.41) is 25.4. The Morgan fingerprint density at radius 2 is 1.21 bits per heavy atom. The van der Waals surface area contributed by atoms with Gasteiger partial charge in [-0.05, 0) is 88.3 Å². The molecule has 4 N–H and O–H groups in total. The number of alkyl halides is 3. The average Bonchev–Trinajstić information content (AvgIpc) is 3.10. The smallest absolute Gasteiger partial charge is 0.475 e. The Kier molecular flexibility index (Phi) is 14.2. The van der Waals surface area contributed by atoms with Gasteiger partial charge in [0.2, 0.25) is 0 Å². The van der Waals surface area contributed by atoms with Gasteiger partial charge in [0.15, 0.2) is 0 Å². The van der Waals surface area contributed by atoms with E-state index in [1.807, 2.05) is 67.6 Å². The Morgan fingerprint density at radius 1 is 0.771 bits per heavy atom. The summed E-state index contributed by atoms with van der Waals surface area (Å²) in [6, 6.07) is 20.4. The molecule has 5 rings (SSSR count). The van der Waals surface area contributed by atoms with Crippen molar-refractivity contribution in [3.8, 4) is 0 Å². The van der Waals surface area contributed by atoms with Gasteiger partial charge in [-0.1, -0.05) is 99.2 Å². The Bertz CT molecular complexity index is 1190. The minimum atomic E-state index is -5.08. The van der Waals surface area contributed by atoms with Crippen LogP contribution < -0.4 is 10.6 Å². The molecule has 3 aliphatic carbocycles. The maximum Gasteiger partial charge on any atom is 0.490 e. The molecule has 3 saturated carbocycles. The summed E-state index contributed by atoms with van der Waals surface area (Å²) in [6.45, 7) is 3.16. The monoisotopic (exact) mass is 673 g/mol. The highest BCUT2D eigenvalue weighted by molar-refractivity contribution is 5.75. The lowest BCUT2D eigenvalue weighted by molar-refractivity contribution is -0.192. The fourth-order valence-corrected chi connectivity index (χ4v) is 8.00. The molecule has 0 aliphatic heterocycles. The summed E-state index contributed by atoms with van der Waals surface area (Å²) in [7, 11) is 0. The predicted octanol–water partition coefficient (Wildman–Crippen LogP) is 8.16. The molecule has 2 aromatic carbocycles. The van der Waals surface area contributed by atoms with Gasteiger partial charge in [0, 0.05) is 18.1 Å². The molecule has 0 unspecified atom stereocenters. The molecule has 0 radical (unpaired) electrons. The number of carboxylic acids is 1. The first kappa shape index (κ1) is 37.7. The number of carboxylic acid groups (broad SMARTS) is 1. The van der Waals surface area contributed by atoms with Gasteiger partial charge in [-0.3, -0.25) is 4.90 Å². The number of rotatable bonds is 10. The van der Waals surface area contributed by atoms with E-state index in [0.29, 0.717) is 0 Å². The van der Waals surface area contributed by atoms with E-state index in [1.165, 1.54) is 90.0 Å². The van der Waals surface area contributed by atoms with E-state index in [9.17, 15) is 23.1 Å². The lowest BCUT2D eigenvalue weighted by Gasteiger charge is -2.42. The van der Waals surface area contributed by atoms with E-state index in [1.54, 1.807) is 0 Å². The number of amides is 2. The van der Waals surface area contributed by atoms with E-state index in [4.69, 9.17) is 9.90 Å². The van der Waals surface area contributed by atoms with Crippen LogP contribution in [0.5, 0.6) is 0 Å². The van der Waals surface area contributed by atoms with Crippen molar-refractivity contribution < 1.29 is 33.0 Å². The van der Waals surface area contributed by atoms with Gasteiger partial charge in [0.1, 0.15) is 5.60 Å². The number of halogens is 3. The largest absolute Gasteiger partial charge is 0.490 e. The van der Waals surface area contributed by atoms with Crippen LogP contribution in [0.4, 0.5) is 18.0 Å². The molecule has 0 bridgehead atoms. The summed E-state index contributed by atoms with van der Waals surface area (Å²) in [5.74, 6) is -1.99. The first-order valence-corrected chi connectivity index (χ1v) is 17.9. The number of nitrogens with one attached hydrogen (secondary N) is 2. The summed E-state index contributed by atoms with van der Waals surface area (Å²) >= 11 is 0. The van der Waals surface area contributed by atoms with Gasteiger partial charge in [0.05, 0.1) is 6.04 Å². The van der Waals surface area contributed by atoms with E-state index >= 15 is 0 Å². The molecular weight excluding hydrogens is 619 g/mol. The van der Waals surface area contributed by atoms with Crippen LogP contribution in [0, 0.1) is 5.92 Å². The van der Waals surface area contributed by atoms with Crippen LogP contribution in [0.15, 0.2) is 60.7 Å². The molecule has 7 nitrogen and oxygen atoms in total. The number of aliphatic hydroxyl groups is 1. The third kappa shape index (κ3) is 10.7. The highest BCUT2D eigenvalue weighted by Gasteiger charge is 2.39. The minimum absolute atomic E-state index is 0.188. The van der Waals surface area contributed by atoms with Crippen LogP contribution in [0.2, 0.25) is 0 Å². The maximum absolute atomic E-state index is 13.1. The Hall–Kier alpha value is -3.11. The second-order valence-corrected chi connectivity index (χ2v) is 14.0. The third-order valence-corrected chi connectivity index (χ3v) is 10.7. The summed E-state index contributed by atoms with van der Waals surface area (Å²) in [4.78, 5) is 25.0. The molecule has 0 saturated heterocycles. The van der Waals surface area contributed by atoms with Gasteiger partial charge >= 0.3 is 18.2 Å². The van der Waals surface area contributed by atoms with Gasteiger partial charge in [-0.25, -0.2) is 9.59 Å². The Labute approximate surface area is 283 Å². The fourth-order valence-electron chi connectivity index (χ4n) is 8.00. The third-order valence-electron chi connectivity index (χ3n) is 10.7. The van der Waals surface area contributed by atoms with Crippen molar-refractivity contribution in [1.29, 1.82) is 0 Å². The molecule has 0 heterocycles. The molecule has 3 aliphatic rings. The second kappa shape index (κ2) is 18.0. The zero-order valence-electron chi connectivity index (χ0n) is 28.3. The Balaban J connectivity index is 0.000000671. The van der Waals surface area contributed by atoms with Crippen molar-refractivity contribution >= 4 is 12.0 Å². The van der Waals surface area contributed by atoms with Crippen molar-refractivity contribution in [3.63, 3.8) is 0 Å². The average molecular weight is 674 g/mol. The van der Waals surface area contributed by atoms with Crippen LogP contribution in [0.3, 0.4) is 0 Å². The normalized spacial score (nSPS) is 21.9. The Morgan fingerprint density at radius 3 is 1.62 bits per heavy atom. The van der Waals surface area contributed by atoms with E-state index < -0.39 is 23.8 Å². The topological polar surface area (TPSA) is 102 Å². The summed E-state index contributed by atoms with van der Waals surface area (Å²) in [5.41, 5.74) is 0.227. The summed E-state index contributed by atoms with van der Waals surface area (Å²) < 4.78 is 31.7. The zero-order chi connectivity index (χ0) is 34.6. The van der Waals surface area contributed by atoms with Crippen molar-refractivity contribution in [2.45, 2.75) is 139 Å². The number of hydrogen-bond donors (Lipinski definition) is 4. The molecule has 0 spiro atoms. The van der Waals surface area contributed by atoms with Crippen molar-refractivity contribution in [2.24, 2.45) is 5.92 Å². The van der Waals surface area contributed by atoms with Crippen molar-refractivity contribution in [1.82, 2.24) is 15.5 Å². The van der Waals surface area contributed by atoms with E-state index in [2.05, 4.69) is 15.5 Å². The highest BCUT2D eigenvalue weighted by atomic mass is 19.4. The number of carbonyl (C=O) groups excluding carboxylic acids is 1. The standard InChI is InChI=1S/C36H53N3O2.C2HF3O2/c1-28(36(41,30-14-6-2-7-15-30)31-16-8-3-9-17-31)37-35(40)38-32-24-22-29(23-25-32)26-27-39(33-18-10-4-11-19-33)34-20-12-5-13-21-34;3-2(4,5)1(6)7/h2-3,6-9,14-17,28-29,32-34,41H,4-5,10-13,18-27H2,1H3,(H2,37,38,40);(H,6,7)/t28-,29-,32-;/m0./s1. The van der Waals surface area contributed by atoms with Gasteiger partial charge < -0.3 is 20.8 Å². The number of urea groups is 1. The molecular formula is C38H54F3N3O4. The molecule has 3 fully saturated rings. The summed E-state index contributed by atoms with van der Waals surface area (Å²) in [6.07, 6.45) is 14.9. The van der Waals surface area contributed by atoms with Crippen molar-refractivity contribution in [2.75, 3.05) is 6.54 Å². The quantitative estimate of drug-likeness (QED) is 0.204. The van der Waals surface area contributed by atoms with Gasteiger partial charge in [-0.2, -0.15) is 13.2 Å². The maximum atomic E-state index is 13.1. The van der Waals surface area contributed by atoms with E-state index in [0.717, 1.165) is 42.0 Å². The van der Waals surface area contributed by atoms with Crippen LogP contribution in [-0.2, 0) is 10.4 Å². The molecule has 1 atom stereocenters. The number of carbonyl (C=O) groups is 2. The second-order valence-electron chi connectivity index (χ2n) is 14.0. The van der Waals surface area contributed by atoms with E-state index in [-0.39, 0.29) is 12.1 Å². The molecule has 2 aromatic rings. The first-order valence-electron chi connectivity index (χ1n) is 17.9. The predicted molar refractivity (Wildman–Crippen MR) is 182 cm³/mol. The molecule has 266 valence electrons. The van der Waals surface area contributed by atoms with Crippen LogP contribution in [0.25, 0.3) is 0 Å². The molecule has 0 aromatic heterocycles. The lowest BCUT2D eigenvalue weighted by Crippen LogP contribution is -2.54. The molecule has 10 heteroatoms. The molecule has 48 heavy (non-hydrogen) atoms. The fraction of sp³-hybridized carbons (Fsp3) is 0.632. The number of nitrogens with zero attached hydrogens (tertiary/aromatic N) is 1. The number of hydrogen-bond acceptors (Lipinski definition) is 4. The number of aliphatic carboxylic acids is 1. The first-order chi connectivity index (χ1) is 23.0. The SMILES string of the molecule is C[C@H](NC(=O)N[C@H]1CC[C@H](CCN(C2CCCCC2)C2CCCCC2)CC1)C(O)(c1ccccc1)c1ccccc1.O=C(O)C(F)(F)F. The van der Waals surface area contributed by atoms with Crippen molar-refractivity contribution in [3.05, 3.63) is 71.8 Å². The minimum Gasteiger partial charge on any atom is -0.475 e. The highest BCUT2D eigenvalue weighted by Crippen LogP contribution is 2.35. The van der Waals surface area contributed by atoms with Crippen LogP contribution in [0.1, 0.15) is 114 Å². The zero-order valence-corrected chi connectivity index (χ0v) is 28.3. The van der Waals surface area contributed by atoms with Crippen LogP contribution in [-0.4, -0.2) is 64.0 Å². The van der Waals surface area contributed by atoms with Gasteiger partial charge in [0.25, 0.3) is 0 Å². The number of benzene rings is 2. The van der Waals surface area contributed by atoms with Gasteiger partial charge in [-0.15, -0.1) is 0 Å². The molecule has 2 amide bonds.